The quantitative estimate of drug-likeness (QED) is 0.554. The Hall–Kier alpha value is -2.38. The van der Waals surface area contributed by atoms with Crippen LogP contribution in [-0.4, -0.2) is 51.8 Å². The molecule has 0 amide bonds. The smallest absolute Gasteiger partial charge is 0.337 e. The number of hydrogen-bond acceptors (Lipinski definition) is 5. The van der Waals surface area contributed by atoms with Crippen LogP contribution in [0.15, 0.2) is 54.6 Å². The van der Waals surface area contributed by atoms with Crippen LogP contribution in [0.1, 0.15) is 41.6 Å². The van der Waals surface area contributed by atoms with Gasteiger partial charge in [-0.3, -0.25) is 4.31 Å². The van der Waals surface area contributed by atoms with Crippen molar-refractivity contribution >= 4 is 21.7 Å². The van der Waals surface area contributed by atoms with Crippen LogP contribution in [0.25, 0.3) is 0 Å². The molecule has 0 unspecified atom stereocenters. The van der Waals surface area contributed by atoms with Gasteiger partial charge in [-0.05, 0) is 74.0 Å². The van der Waals surface area contributed by atoms with E-state index in [0.717, 1.165) is 25.2 Å². The van der Waals surface area contributed by atoms with E-state index >= 15 is 0 Å². The van der Waals surface area contributed by atoms with Crippen molar-refractivity contribution in [2.75, 3.05) is 36.8 Å². The number of carbonyl (C=O) groups is 1. The number of sulfonamides is 1. The van der Waals surface area contributed by atoms with Gasteiger partial charge in [-0.15, -0.1) is 0 Å². The lowest BCUT2D eigenvalue weighted by atomic mass is 10.1. The highest BCUT2D eigenvalue weighted by Crippen LogP contribution is 2.52. The predicted molar refractivity (Wildman–Crippen MR) is 122 cm³/mol. The molecule has 2 aliphatic rings. The number of rotatable bonds is 9. The number of ether oxygens (including phenoxy) is 1. The van der Waals surface area contributed by atoms with E-state index in [9.17, 15) is 13.2 Å². The molecule has 1 aliphatic heterocycles. The summed E-state index contributed by atoms with van der Waals surface area (Å²) >= 11 is 0. The third-order valence-corrected chi connectivity index (χ3v) is 8.25. The predicted octanol–water partition coefficient (Wildman–Crippen LogP) is 3.69. The zero-order valence-corrected chi connectivity index (χ0v) is 18.8. The summed E-state index contributed by atoms with van der Waals surface area (Å²) in [7, 11) is -2.15. The molecule has 1 aliphatic carbocycles. The number of likely N-dealkylation sites (tertiary alicyclic amines) is 1. The van der Waals surface area contributed by atoms with Gasteiger partial charge in [-0.25, -0.2) is 13.2 Å². The van der Waals surface area contributed by atoms with Gasteiger partial charge in [-0.1, -0.05) is 30.3 Å². The third kappa shape index (κ3) is 5.28. The van der Waals surface area contributed by atoms with Gasteiger partial charge in [0, 0.05) is 6.54 Å². The van der Waals surface area contributed by atoms with E-state index in [1.165, 1.54) is 30.7 Å². The van der Waals surface area contributed by atoms with Crippen LogP contribution in [0.5, 0.6) is 0 Å². The summed E-state index contributed by atoms with van der Waals surface area (Å²) < 4.78 is 32.8. The largest absolute Gasteiger partial charge is 0.465 e. The fourth-order valence-electron chi connectivity index (χ4n) is 4.36. The van der Waals surface area contributed by atoms with Gasteiger partial charge in [0.05, 0.1) is 30.7 Å². The SMILES string of the molecule is COC(=O)c1ccc(CN(c2ccccc2)S(=O)(=O)CCCN2CCC3(CC3)C2)cc1. The van der Waals surface area contributed by atoms with Crippen molar-refractivity contribution < 1.29 is 17.9 Å². The first kappa shape index (κ1) is 21.8. The van der Waals surface area contributed by atoms with Crippen molar-refractivity contribution in [3.63, 3.8) is 0 Å². The fraction of sp³-hybridized carbons (Fsp3) is 0.458. The summed E-state index contributed by atoms with van der Waals surface area (Å²) in [5.41, 5.74) is 2.47. The first-order valence-corrected chi connectivity index (χ1v) is 12.5. The van der Waals surface area contributed by atoms with Crippen molar-refractivity contribution in [2.24, 2.45) is 5.41 Å². The van der Waals surface area contributed by atoms with Gasteiger partial charge in [0.15, 0.2) is 0 Å². The third-order valence-electron chi connectivity index (χ3n) is 6.43. The summed E-state index contributed by atoms with van der Waals surface area (Å²) in [6, 6.07) is 16.1. The maximum Gasteiger partial charge on any atom is 0.337 e. The molecule has 0 radical (unpaired) electrons. The molecule has 1 saturated carbocycles. The van der Waals surface area contributed by atoms with E-state index < -0.39 is 16.0 Å². The molecule has 6 nitrogen and oxygen atoms in total. The van der Waals surface area contributed by atoms with E-state index in [-0.39, 0.29) is 12.3 Å². The molecule has 2 aromatic rings. The highest BCUT2D eigenvalue weighted by Gasteiger charge is 2.47. The van der Waals surface area contributed by atoms with Crippen LogP contribution in [0.2, 0.25) is 0 Å². The summed E-state index contributed by atoms with van der Waals surface area (Å²) in [5, 5.41) is 0. The van der Waals surface area contributed by atoms with Gasteiger partial charge in [0.1, 0.15) is 0 Å². The number of esters is 1. The van der Waals surface area contributed by atoms with E-state index in [2.05, 4.69) is 4.90 Å². The summed E-state index contributed by atoms with van der Waals surface area (Å²) in [6.07, 6.45) is 4.55. The summed E-state index contributed by atoms with van der Waals surface area (Å²) in [4.78, 5) is 14.1. The van der Waals surface area contributed by atoms with Crippen LogP contribution < -0.4 is 4.31 Å². The number of nitrogens with zero attached hydrogens (tertiary/aromatic N) is 2. The second kappa shape index (κ2) is 9.01. The van der Waals surface area contributed by atoms with Crippen LogP contribution in [0.3, 0.4) is 0 Å². The maximum atomic E-state index is 13.3. The first-order valence-electron chi connectivity index (χ1n) is 10.9. The minimum Gasteiger partial charge on any atom is -0.465 e. The van der Waals surface area contributed by atoms with Crippen molar-refractivity contribution in [3.8, 4) is 0 Å². The molecule has 1 spiro atoms. The number of methoxy groups -OCH3 is 1. The van der Waals surface area contributed by atoms with E-state index in [0.29, 0.717) is 23.1 Å². The monoisotopic (exact) mass is 442 g/mol. The lowest BCUT2D eigenvalue weighted by Gasteiger charge is -2.25. The minimum atomic E-state index is -3.49. The van der Waals surface area contributed by atoms with Gasteiger partial charge >= 0.3 is 5.97 Å². The zero-order valence-electron chi connectivity index (χ0n) is 18.0. The molecule has 4 rings (SSSR count). The van der Waals surface area contributed by atoms with Crippen molar-refractivity contribution in [2.45, 2.75) is 32.2 Å². The topological polar surface area (TPSA) is 66.9 Å². The number of benzene rings is 2. The van der Waals surface area contributed by atoms with Gasteiger partial charge in [-0.2, -0.15) is 0 Å². The summed E-state index contributed by atoms with van der Waals surface area (Å²) in [6.45, 7) is 3.27. The van der Waals surface area contributed by atoms with Crippen LogP contribution in [0.4, 0.5) is 5.69 Å². The molecule has 1 heterocycles. The zero-order chi connectivity index (χ0) is 21.9. The Balaban J connectivity index is 1.44. The number of carbonyl (C=O) groups excluding carboxylic acids is 1. The Labute approximate surface area is 184 Å². The summed E-state index contributed by atoms with van der Waals surface area (Å²) in [5.74, 6) is -0.292. The minimum absolute atomic E-state index is 0.117. The number of hydrogen-bond donors (Lipinski definition) is 0. The average molecular weight is 443 g/mol. The molecule has 2 aromatic carbocycles. The lowest BCUT2D eigenvalue weighted by Crippen LogP contribution is -2.34. The molecule has 1 saturated heterocycles. The van der Waals surface area contributed by atoms with Gasteiger partial charge in [0.2, 0.25) is 10.0 Å². The van der Waals surface area contributed by atoms with Gasteiger partial charge < -0.3 is 9.64 Å². The van der Waals surface area contributed by atoms with E-state index in [4.69, 9.17) is 4.74 Å². The highest BCUT2D eigenvalue weighted by atomic mass is 32.2. The Kier molecular flexibility index (Phi) is 6.34. The Bertz CT molecular complexity index is 1000. The highest BCUT2D eigenvalue weighted by molar-refractivity contribution is 7.92. The second-order valence-electron chi connectivity index (χ2n) is 8.73. The first-order chi connectivity index (χ1) is 14.9. The van der Waals surface area contributed by atoms with Crippen LogP contribution in [-0.2, 0) is 21.3 Å². The second-order valence-corrected chi connectivity index (χ2v) is 10.7. The molecular formula is C24H30N2O4S. The Morgan fingerprint density at radius 3 is 2.39 bits per heavy atom. The molecule has 0 bridgehead atoms. The lowest BCUT2D eigenvalue weighted by molar-refractivity contribution is 0.0600. The molecule has 0 atom stereocenters. The van der Waals surface area contributed by atoms with E-state index in [1.54, 1.807) is 24.3 Å². The molecule has 31 heavy (non-hydrogen) atoms. The van der Waals surface area contributed by atoms with Crippen LogP contribution >= 0.6 is 0 Å². The van der Waals surface area contributed by atoms with Crippen molar-refractivity contribution in [1.82, 2.24) is 4.90 Å². The molecule has 7 heteroatoms. The van der Waals surface area contributed by atoms with E-state index in [1.807, 2.05) is 30.3 Å². The van der Waals surface area contributed by atoms with Gasteiger partial charge in [0.25, 0.3) is 0 Å². The van der Waals surface area contributed by atoms with Crippen molar-refractivity contribution in [1.29, 1.82) is 0 Å². The molecular weight excluding hydrogens is 412 g/mol. The number of para-hydroxylation sites is 1. The molecule has 166 valence electrons. The van der Waals surface area contributed by atoms with Crippen molar-refractivity contribution in [3.05, 3.63) is 65.7 Å². The average Bonchev–Trinajstić information content (AvgIpc) is 3.43. The molecule has 2 fully saturated rings. The molecule has 0 N–H and O–H groups in total. The molecule has 0 aromatic heterocycles. The Morgan fingerprint density at radius 1 is 1.06 bits per heavy atom. The standard InChI is InChI=1S/C24H30N2O4S/c1-30-23(27)21-10-8-20(9-11-21)18-26(22-6-3-2-4-7-22)31(28,29)17-5-15-25-16-14-24(19-25)12-13-24/h2-4,6-11H,5,12-19H2,1H3. The van der Waals surface area contributed by atoms with Crippen LogP contribution in [0, 0.1) is 5.41 Å². The fourth-order valence-corrected chi connectivity index (χ4v) is 5.86. The normalized spacial score (nSPS) is 17.6. The Morgan fingerprint density at radius 2 is 1.77 bits per heavy atom. The number of anilines is 1. The maximum absolute atomic E-state index is 13.3.